The summed E-state index contributed by atoms with van der Waals surface area (Å²) in [5.41, 5.74) is 24.9. The van der Waals surface area contributed by atoms with Crippen LogP contribution in [0.3, 0.4) is 0 Å². The fourth-order valence-corrected chi connectivity index (χ4v) is 12.0. The Balaban J connectivity index is 1.40. The highest BCUT2D eigenvalue weighted by Gasteiger charge is 2.49. The maximum absolute atomic E-state index is 2.72. The first-order valence-corrected chi connectivity index (χ1v) is 25.0. The van der Waals surface area contributed by atoms with Crippen LogP contribution in [-0.2, 0) is 27.1 Å². The molecule has 0 saturated carbocycles. The number of hydrogen-bond donors (Lipinski definition) is 0. The van der Waals surface area contributed by atoms with Crippen molar-refractivity contribution in [3.8, 4) is 22.3 Å². The molecule has 2 heterocycles. The van der Waals surface area contributed by atoms with E-state index in [9.17, 15) is 0 Å². The molecule has 0 amide bonds. The molecule has 0 N–H and O–H groups in total. The minimum atomic E-state index is -0.108. The van der Waals surface area contributed by atoms with Crippen molar-refractivity contribution >= 4 is 57.2 Å². The predicted molar refractivity (Wildman–Crippen MR) is 292 cm³/mol. The summed E-state index contributed by atoms with van der Waals surface area (Å²) in [7, 11) is 0. The number of hydrogen-bond acceptors (Lipinski definition) is 2. The summed E-state index contributed by atoms with van der Waals surface area (Å²) in [4.78, 5) is 5.36. The van der Waals surface area contributed by atoms with Crippen LogP contribution in [0.2, 0.25) is 0 Å². The standard InChI is InChI=1S/C64H71BN2/c1-40(2)43-31-57-59-58(32-43)67(54-36-47(41-23-18-16-19-24-41)49(62(9,10)11)35-48(54)42-25-20-17-21-26-42)56-38-51-50(63(12,13)39-64(51,14)15)37-53(56)65(59)52-30-29-45(61(6,7)8)34-55(52)66(57)46-28-22-27-44(33-46)60(3,4)5/h16-38,40H,39H2,1-15H3. The van der Waals surface area contributed by atoms with Crippen molar-refractivity contribution in [2.45, 2.75) is 143 Å². The van der Waals surface area contributed by atoms with Gasteiger partial charge in [0.05, 0.1) is 5.69 Å². The van der Waals surface area contributed by atoms with Crippen LogP contribution < -0.4 is 26.2 Å². The third-order valence-electron chi connectivity index (χ3n) is 15.4. The van der Waals surface area contributed by atoms with Gasteiger partial charge in [-0.1, -0.05) is 195 Å². The van der Waals surface area contributed by atoms with E-state index < -0.39 is 0 Å². The molecule has 0 bridgehead atoms. The highest BCUT2D eigenvalue weighted by atomic mass is 15.2. The fraction of sp³-hybridized carbons (Fsp3) is 0.344. The maximum atomic E-state index is 2.72. The van der Waals surface area contributed by atoms with Gasteiger partial charge in [0.25, 0.3) is 6.71 Å². The lowest BCUT2D eigenvalue weighted by molar-refractivity contribution is 0.403. The summed E-state index contributed by atoms with van der Waals surface area (Å²) < 4.78 is 0. The van der Waals surface area contributed by atoms with E-state index in [-0.39, 0.29) is 33.8 Å². The summed E-state index contributed by atoms with van der Waals surface area (Å²) in [5.74, 6) is 0.296. The molecule has 10 rings (SSSR count). The van der Waals surface area contributed by atoms with Crippen LogP contribution in [0, 0.1) is 0 Å². The van der Waals surface area contributed by atoms with Crippen LogP contribution in [0.25, 0.3) is 22.3 Å². The largest absolute Gasteiger partial charge is 0.311 e. The maximum Gasteiger partial charge on any atom is 0.252 e. The Morgan fingerprint density at radius 1 is 0.463 bits per heavy atom. The molecule has 7 aromatic carbocycles. The zero-order valence-corrected chi connectivity index (χ0v) is 43.0. The molecule has 2 aliphatic heterocycles. The average molecular weight is 879 g/mol. The van der Waals surface area contributed by atoms with Crippen molar-refractivity contribution in [2.75, 3.05) is 9.80 Å². The van der Waals surface area contributed by atoms with E-state index in [2.05, 4.69) is 253 Å². The van der Waals surface area contributed by atoms with Gasteiger partial charge in [0.15, 0.2) is 0 Å². The molecule has 0 aromatic heterocycles. The molecule has 0 unspecified atom stereocenters. The normalized spacial score (nSPS) is 15.9. The molecule has 2 nitrogen and oxygen atoms in total. The van der Waals surface area contributed by atoms with Crippen LogP contribution in [0.1, 0.15) is 150 Å². The second kappa shape index (κ2) is 15.4. The van der Waals surface area contributed by atoms with E-state index in [1.54, 1.807) is 0 Å². The molecule has 0 saturated heterocycles. The molecule has 0 fully saturated rings. The minimum Gasteiger partial charge on any atom is -0.311 e. The zero-order chi connectivity index (χ0) is 47.7. The van der Waals surface area contributed by atoms with Crippen molar-refractivity contribution in [2.24, 2.45) is 0 Å². The number of nitrogens with zero attached hydrogens (tertiary/aromatic N) is 2. The minimum absolute atomic E-state index is 0.0101. The molecule has 1 aliphatic carbocycles. The van der Waals surface area contributed by atoms with Gasteiger partial charge in [0.2, 0.25) is 0 Å². The molecule has 0 spiro atoms. The molecular weight excluding hydrogens is 808 g/mol. The first-order valence-electron chi connectivity index (χ1n) is 25.0. The monoisotopic (exact) mass is 879 g/mol. The van der Waals surface area contributed by atoms with Crippen LogP contribution in [0.5, 0.6) is 0 Å². The van der Waals surface area contributed by atoms with Crippen molar-refractivity contribution in [1.82, 2.24) is 0 Å². The Bertz CT molecular complexity index is 3080. The van der Waals surface area contributed by atoms with Gasteiger partial charge in [-0.05, 0) is 154 Å². The van der Waals surface area contributed by atoms with Gasteiger partial charge in [-0.2, -0.15) is 0 Å². The van der Waals surface area contributed by atoms with Crippen LogP contribution in [-0.4, -0.2) is 6.71 Å². The second-order valence-electron chi connectivity index (χ2n) is 24.9. The Labute approximate surface area is 403 Å². The van der Waals surface area contributed by atoms with Gasteiger partial charge in [-0.15, -0.1) is 0 Å². The molecule has 340 valence electrons. The summed E-state index contributed by atoms with van der Waals surface area (Å²) in [6.45, 7) is 35.8. The highest BCUT2D eigenvalue weighted by Crippen LogP contribution is 2.55. The highest BCUT2D eigenvalue weighted by molar-refractivity contribution is 7.00. The Hall–Kier alpha value is -5.80. The first kappa shape index (κ1) is 45.0. The van der Waals surface area contributed by atoms with Crippen molar-refractivity contribution in [1.29, 1.82) is 0 Å². The van der Waals surface area contributed by atoms with Gasteiger partial charge in [0, 0.05) is 34.0 Å². The van der Waals surface area contributed by atoms with Gasteiger partial charge >= 0.3 is 0 Å². The zero-order valence-electron chi connectivity index (χ0n) is 43.0. The van der Waals surface area contributed by atoms with E-state index in [1.165, 1.54) is 106 Å². The Morgan fingerprint density at radius 2 is 1.01 bits per heavy atom. The lowest BCUT2D eigenvalue weighted by Gasteiger charge is -2.46. The second-order valence-corrected chi connectivity index (χ2v) is 24.9. The van der Waals surface area contributed by atoms with Crippen molar-refractivity contribution < 1.29 is 0 Å². The molecule has 0 radical (unpaired) electrons. The van der Waals surface area contributed by atoms with Gasteiger partial charge in [0.1, 0.15) is 0 Å². The molecule has 3 heteroatoms. The first-order chi connectivity index (χ1) is 31.4. The number of fused-ring (bicyclic) bond motifs is 5. The Kier molecular flexibility index (Phi) is 10.3. The molecular formula is C64H71BN2. The fourth-order valence-electron chi connectivity index (χ4n) is 12.0. The van der Waals surface area contributed by atoms with E-state index in [0.29, 0.717) is 5.92 Å². The van der Waals surface area contributed by atoms with E-state index in [0.717, 1.165) is 6.42 Å². The van der Waals surface area contributed by atoms with Crippen LogP contribution in [0.4, 0.5) is 34.1 Å². The van der Waals surface area contributed by atoms with E-state index in [1.807, 2.05) is 0 Å². The smallest absolute Gasteiger partial charge is 0.252 e. The lowest BCUT2D eigenvalue weighted by Crippen LogP contribution is -2.61. The Morgan fingerprint density at radius 3 is 1.60 bits per heavy atom. The molecule has 0 atom stereocenters. The van der Waals surface area contributed by atoms with Gasteiger partial charge < -0.3 is 9.80 Å². The van der Waals surface area contributed by atoms with Gasteiger partial charge in [-0.25, -0.2) is 0 Å². The average Bonchev–Trinajstić information content (AvgIpc) is 3.45. The summed E-state index contributed by atoms with van der Waals surface area (Å²) in [6, 6.07) is 54.6. The summed E-state index contributed by atoms with van der Waals surface area (Å²) >= 11 is 0. The third kappa shape index (κ3) is 7.47. The van der Waals surface area contributed by atoms with Crippen molar-refractivity contribution in [3.05, 3.63) is 173 Å². The summed E-state index contributed by atoms with van der Waals surface area (Å²) in [5, 5.41) is 0. The third-order valence-corrected chi connectivity index (χ3v) is 15.4. The van der Waals surface area contributed by atoms with E-state index in [4.69, 9.17) is 0 Å². The van der Waals surface area contributed by atoms with Gasteiger partial charge in [-0.3, -0.25) is 0 Å². The number of rotatable bonds is 5. The number of benzene rings is 7. The predicted octanol–water partition coefficient (Wildman–Crippen LogP) is 16.1. The van der Waals surface area contributed by atoms with E-state index >= 15 is 0 Å². The van der Waals surface area contributed by atoms with Crippen LogP contribution >= 0.6 is 0 Å². The lowest BCUT2D eigenvalue weighted by atomic mass is 9.33. The molecule has 7 aromatic rings. The van der Waals surface area contributed by atoms with Crippen LogP contribution in [0.15, 0.2) is 140 Å². The quantitative estimate of drug-likeness (QED) is 0.159. The molecule has 67 heavy (non-hydrogen) atoms. The SMILES string of the molecule is CC(C)c1cc2c3c(c1)N(c1cc(-c4ccccc4)c(C(C)(C)C)cc1-c1ccccc1)c1cc4c(cc1B3c1ccc(C(C)(C)C)cc1N2c1cccc(C(C)(C)C)c1)C(C)(C)CC4(C)C. The number of anilines is 6. The topological polar surface area (TPSA) is 6.48 Å². The summed E-state index contributed by atoms with van der Waals surface area (Å²) in [6.07, 6.45) is 1.11. The van der Waals surface area contributed by atoms with Crippen molar-refractivity contribution in [3.63, 3.8) is 0 Å². The molecule has 3 aliphatic rings.